The number of nitrogens with one attached hydrogen (secondary N) is 2. The Morgan fingerprint density at radius 2 is 1.86 bits per heavy atom. The number of rotatable bonds is 8. The van der Waals surface area contributed by atoms with E-state index in [0.29, 0.717) is 19.0 Å². The number of halogens is 2. The van der Waals surface area contributed by atoms with Gasteiger partial charge in [-0.3, -0.25) is 4.79 Å². The molecule has 2 N–H and O–H groups in total. The highest BCUT2D eigenvalue weighted by molar-refractivity contribution is 5.92. The zero-order valence-corrected chi connectivity index (χ0v) is 17.0. The number of amides is 3. The van der Waals surface area contributed by atoms with Gasteiger partial charge >= 0.3 is 6.03 Å². The number of carbonyl (C=O) groups is 2. The van der Waals surface area contributed by atoms with Crippen LogP contribution in [-0.2, 0) is 6.54 Å². The van der Waals surface area contributed by atoms with Crippen LogP contribution >= 0.6 is 0 Å². The normalized spacial score (nSPS) is 11.0. The summed E-state index contributed by atoms with van der Waals surface area (Å²) in [6.45, 7) is 8.71. The standard InChI is InChI=1S/C20H26F2N4O3/c1-12(2)8-23-19(27)17-11-29-18(25-17)10-26(9-13(3)4)20(28)24-14-5-6-15(21)16(22)7-14/h5-7,11-13H,8-10H2,1-4H3,(H,23,27)(H,24,28). The SMILES string of the molecule is CC(C)CNC(=O)c1coc(CN(CC(C)C)C(=O)Nc2ccc(F)c(F)c2)n1. The molecule has 1 aromatic heterocycles. The van der Waals surface area contributed by atoms with Crippen LogP contribution in [0.5, 0.6) is 0 Å². The first-order valence-electron chi connectivity index (χ1n) is 9.39. The first-order chi connectivity index (χ1) is 13.7. The molecule has 0 unspecified atom stereocenters. The Balaban J connectivity index is 2.07. The first-order valence-corrected chi connectivity index (χ1v) is 9.39. The van der Waals surface area contributed by atoms with Crippen LogP contribution in [0.25, 0.3) is 0 Å². The summed E-state index contributed by atoms with van der Waals surface area (Å²) >= 11 is 0. The molecule has 0 spiro atoms. The summed E-state index contributed by atoms with van der Waals surface area (Å²) < 4.78 is 31.8. The summed E-state index contributed by atoms with van der Waals surface area (Å²) in [5.74, 6) is -1.77. The van der Waals surface area contributed by atoms with Crippen LogP contribution in [-0.4, -0.2) is 34.9 Å². The Morgan fingerprint density at radius 3 is 2.48 bits per heavy atom. The van der Waals surface area contributed by atoms with E-state index in [2.05, 4.69) is 15.6 Å². The van der Waals surface area contributed by atoms with Crippen LogP contribution in [0.3, 0.4) is 0 Å². The van der Waals surface area contributed by atoms with Crippen molar-refractivity contribution in [3.05, 3.63) is 47.7 Å². The number of urea groups is 1. The van der Waals surface area contributed by atoms with Crippen molar-refractivity contribution in [3.63, 3.8) is 0 Å². The van der Waals surface area contributed by atoms with E-state index in [9.17, 15) is 18.4 Å². The van der Waals surface area contributed by atoms with Gasteiger partial charge in [-0.25, -0.2) is 18.6 Å². The van der Waals surface area contributed by atoms with E-state index >= 15 is 0 Å². The van der Waals surface area contributed by atoms with Gasteiger partial charge in [0, 0.05) is 24.8 Å². The lowest BCUT2D eigenvalue weighted by Gasteiger charge is -2.23. The highest BCUT2D eigenvalue weighted by Crippen LogP contribution is 2.15. The minimum Gasteiger partial charge on any atom is -0.446 e. The van der Waals surface area contributed by atoms with Gasteiger partial charge in [0.1, 0.15) is 6.26 Å². The van der Waals surface area contributed by atoms with Crippen LogP contribution in [0.2, 0.25) is 0 Å². The van der Waals surface area contributed by atoms with Gasteiger partial charge in [-0.2, -0.15) is 0 Å². The zero-order chi connectivity index (χ0) is 21.6. The number of benzene rings is 1. The van der Waals surface area contributed by atoms with Gasteiger partial charge in [-0.1, -0.05) is 27.7 Å². The molecule has 0 aliphatic carbocycles. The van der Waals surface area contributed by atoms with E-state index in [0.717, 1.165) is 12.1 Å². The minimum absolute atomic E-state index is 0.0190. The summed E-state index contributed by atoms with van der Waals surface area (Å²) in [7, 11) is 0. The maximum absolute atomic E-state index is 13.4. The third kappa shape index (κ3) is 6.85. The molecule has 158 valence electrons. The molecule has 0 saturated heterocycles. The average Bonchev–Trinajstić information content (AvgIpc) is 3.10. The fraction of sp³-hybridized carbons (Fsp3) is 0.450. The van der Waals surface area contributed by atoms with E-state index in [4.69, 9.17) is 4.42 Å². The summed E-state index contributed by atoms with van der Waals surface area (Å²) in [6, 6.07) is 2.59. The molecule has 1 aromatic carbocycles. The summed E-state index contributed by atoms with van der Waals surface area (Å²) in [6.07, 6.45) is 1.24. The minimum atomic E-state index is -1.05. The molecule has 0 fully saturated rings. The van der Waals surface area contributed by atoms with Gasteiger partial charge in [0.05, 0.1) is 6.54 Å². The lowest BCUT2D eigenvalue weighted by atomic mass is 10.2. The van der Waals surface area contributed by atoms with Crippen molar-refractivity contribution in [2.75, 3.05) is 18.4 Å². The third-order valence-electron chi connectivity index (χ3n) is 3.82. The molecule has 0 aliphatic heterocycles. The molecule has 0 radical (unpaired) electrons. The quantitative estimate of drug-likeness (QED) is 0.690. The van der Waals surface area contributed by atoms with Crippen LogP contribution in [0.1, 0.15) is 44.1 Å². The molecule has 2 rings (SSSR count). The molecule has 29 heavy (non-hydrogen) atoms. The number of hydrogen-bond acceptors (Lipinski definition) is 4. The van der Waals surface area contributed by atoms with Crippen LogP contribution < -0.4 is 10.6 Å². The monoisotopic (exact) mass is 408 g/mol. The highest BCUT2D eigenvalue weighted by Gasteiger charge is 2.20. The molecule has 7 nitrogen and oxygen atoms in total. The number of anilines is 1. The van der Waals surface area contributed by atoms with E-state index in [1.54, 1.807) is 0 Å². The largest absolute Gasteiger partial charge is 0.446 e. The van der Waals surface area contributed by atoms with Crippen molar-refractivity contribution in [2.45, 2.75) is 34.2 Å². The molecule has 0 atom stereocenters. The molecule has 0 saturated carbocycles. The topological polar surface area (TPSA) is 87.5 Å². The van der Waals surface area contributed by atoms with E-state index in [1.807, 2.05) is 27.7 Å². The van der Waals surface area contributed by atoms with Gasteiger partial charge in [-0.05, 0) is 24.0 Å². The van der Waals surface area contributed by atoms with Crippen molar-refractivity contribution in [3.8, 4) is 0 Å². The Hall–Kier alpha value is -2.97. The van der Waals surface area contributed by atoms with Gasteiger partial charge < -0.3 is 20.0 Å². The van der Waals surface area contributed by atoms with Gasteiger partial charge in [0.2, 0.25) is 5.89 Å². The Labute approximate surface area is 168 Å². The third-order valence-corrected chi connectivity index (χ3v) is 3.82. The predicted molar refractivity (Wildman–Crippen MR) is 104 cm³/mol. The molecular formula is C20H26F2N4O3. The maximum Gasteiger partial charge on any atom is 0.322 e. The zero-order valence-electron chi connectivity index (χ0n) is 17.0. The molecule has 9 heteroatoms. The lowest BCUT2D eigenvalue weighted by Crippen LogP contribution is -2.37. The second-order valence-corrected chi connectivity index (χ2v) is 7.56. The fourth-order valence-electron chi connectivity index (χ4n) is 2.47. The van der Waals surface area contributed by atoms with Crippen molar-refractivity contribution in [1.29, 1.82) is 0 Å². The number of oxazole rings is 1. The van der Waals surface area contributed by atoms with Crippen LogP contribution in [0.4, 0.5) is 19.3 Å². The number of aromatic nitrogens is 1. The Morgan fingerprint density at radius 1 is 1.14 bits per heavy atom. The van der Waals surface area contributed by atoms with Crippen molar-refractivity contribution in [2.24, 2.45) is 11.8 Å². The number of nitrogens with zero attached hydrogens (tertiary/aromatic N) is 2. The van der Waals surface area contributed by atoms with Crippen molar-refractivity contribution < 1.29 is 22.8 Å². The van der Waals surface area contributed by atoms with Crippen LogP contribution in [0.15, 0.2) is 28.9 Å². The fourth-order valence-corrected chi connectivity index (χ4v) is 2.47. The van der Waals surface area contributed by atoms with E-state index in [-0.39, 0.29) is 35.6 Å². The summed E-state index contributed by atoms with van der Waals surface area (Å²) in [5.41, 5.74) is 0.259. The van der Waals surface area contributed by atoms with E-state index < -0.39 is 17.7 Å². The van der Waals surface area contributed by atoms with Gasteiger partial charge in [-0.15, -0.1) is 0 Å². The second kappa shape index (κ2) is 9.99. The molecule has 1 heterocycles. The number of carbonyl (C=O) groups excluding carboxylic acids is 2. The second-order valence-electron chi connectivity index (χ2n) is 7.56. The van der Waals surface area contributed by atoms with Crippen LogP contribution in [0, 0.1) is 23.5 Å². The van der Waals surface area contributed by atoms with Crippen molar-refractivity contribution >= 4 is 17.6 Å². The maximum atomic E-state index is 13.4. The average molecular weight is 408 g/mol. The summed E-state index contributed by atoms with van der Waals surface area (Å²) in [4.78, 5) is 30.2. The Bertz CT molecular complexity index is 852. The smallest absolute Gasteiger partial charge is 0.322 e. The van der Waals surface area contributed by atoms with E-state index in [1.165, 1.54) is 17.2 Å². The predicted octanol–water partition coefficient (Wildman–Crippen LogP) is 4.03. The Kier molecular flexibility index (Phi) is 7.69. The summed E-state index contributed by atoms with van der Waals surface area (Å²) in [5, 5.41) is 5.27. The lowest BCUT2D eigenvalue weighted by molar-refractivity contribution is 0.0944. The van der Waals surface area contributed by atoms with Gasteiger partial charge in [0.25, 0.3) is 5.91 Å². The van der Waals surface area contributed by atoms with Gasteiger partial charge in [0.15, 0.2) is 17.3 Å². The number of hydrogen-bond donors (Lipinski definition) is 2. The molecular weight excluding hydrogens is 382 g/mol. The molecule has 3 amide bonds. The highest BCUT2D eigenvalue weighted by atomic mass is 19.2. The first kappa shape index (κ1) is 22.3. The molecule has 0 aliphatic rings. The molecule has 2 aromatic rings. The molecule has 0 bridgehead atoms. The van der Waals surface area contributed by atoms with Crippen molar-refractivity contribution in [1.82, 2.24) is 15.2 Å².